The molecule has 6 nitrogen and oxygen atoms in total. The number of anilines is 1. The lowest BCUT2D eigenvalue weighted by Crippen LogP contribution is -2.28. The molecule has 0 aliphatic heterocycles. The quantitative estimate of drug-likeness (QED) is 0.525. The zero-order valence-electron chi connectivity index (χ0n) is 16.3. The number of benzene rings is 2. The van der Waals surface area contributed by atoms with Crippen LogP contribution >= 0.6 is 0 Å². The summed E-state index contributed by atoms with van der Waals surface area (Å²) in [5, 5.41) is 5.87. The van der Waals surface area contributed by atoms with Gasteiger partial charge in [0.15, 0.2) is 0 Å². The number of pyridine rings is 1. The largest absolute Gasteiger partial charge is 0.497 e. The highest BCUT2D eigenvalue weighted by Gasteiger charge is 2.16. The third kappa shape index (κ3) is 4.06. The van der Waals surface area contributed by atoms with Crippen molar-refractivity contribution in [3.05, 3.63) is 84.1 Å². The normalized spacial score (nSPS) is 10.7. The summed E-state index contributed by atoms with van der Waals surface area (Å²) in [6.45, 7) is 2.42. The van der Waals surface area contributed by atoms with Crippen molar-refractivity contribution in [3.63, 3.8) is 0 Å². The summed E-state index contributed by atoms with van der Waals surface area (Å²) in [4.78, 5) is 17.4. The molecule has 0 aliphatic rings. The Morgan fingerprint density at radius 2 is 1.93 bits per heavy atom. The van der Waals surface area contributed by atoms with Crippen molar-refractivity contribution in [2.45, 2.75) is 13.5 Å². The molecule has 29 heavy (non-hydrogen) atoms. The first-order valence-corrected chi connectivity index (χ1v) is 9.36. The lowest BCUT2D eigenvalue weighted by Gasteiger charge is -2.10. The van der Waals surface area contributed by atoms with Crippen molar-refractivity contribution < 1.29 is 9.53 Å². The van der Waals surface area contributed by atoms with Gasteiger partial charge in [0.05, 0.1) is 7.11 Å². The Labute approximate surface area is 169 Å². The summed E-state index contributed by atoms with van der Waals surface area (Å²) in [5.41, 5.74) is 4.55. The molecule has 2 aromatic heterocycles. The minimum atomic E-state index is -0.299. The average molecular weight is 386 g/mol. The van der Waals surface area contributed by atoms with E-state index in [1.807, 2.05) is 78.2 Å². The maximum Gasteiger partial charge on any atom is 0.320 e. The Bertz CT molecular complexity index is 1170. The smallest absolute Gasteiger partial charge is 0.320 e. The van der Waals surface area contributed by atoms with E-state index in [0.717, 1.165) is 33.8 Å². The van der Waals surface area contributed by atoms with Crippen LogP contribution < -0.4 is 15.4 Å². The van der Waals surface area contributed by atoms with Crippen molar-refractivity contribution in [3.8, 4) is 17.0 Å². The summed E-state index contributed by atoms with van der Waals surface area (Å²) in [6.07, 6.45) is 1.89. The maximum atomic E-state index is 12.6. The number of nitrogens with one attached hydrogen (secondary N) is 2. The molecular weight excluding hydrogens is 364 g/mol. The van der Waals surface area contributed by atoms with Gasteiger partial charge < -0.3 is 10.1 Å². The van der Waals surface area contributed by atoms with Gasteiger partial charge in [0.1, 0.15) is 22.9 Å². The molecule has 6 heteroatoms. The lowest BCUT2D eigenvalue weighted by atomic mass is 10.1. The number of fused-ring (bicyclic) bond motifs is 1. The average Bonchev–Trinajstić information content (AvgIpc) is 3.11. The van der Waals surface area contributed by atoms with Crippen molar-refractivity contribution in [1.29, 1.82) is 0 Å². The van der Waals surface area contributed by atoms with Gasteiger partial charge in [-0.05, 0) is 42.8 Å². The highest BCUT2D eigenvalue weighted by Crippen LogP contribution is 2.29. The van der Waals surface area contributed by atoms with E-state index < -0.39 is 0 Å². The summed E-state index contributed by atoms with van der Waals surface area (Å²) in [7, 11) is 1.62. The van der Waals surface area contributed by atoms with E-state index in [4.69, 9.17) is 9.72 Å². The number of carbonyl (C=O) groups excluding carboxylic acids is 1. The zero-order chi connectivity index (χ0) is 20.2. The molecule has 0 spiro atoms. The first kappa shape index (κ1) is 18.6. The van der Waals surface area contributed by atoms with Gasteiger partial charge in [0, 0.05) is 18.3 Å². The molecule has 0 fully saturated rings. The van der Waals surface area contributed by atoms with Crippen LogP contribution in [0.5, 0.6) is 5.75 Å². The van der Waals surface area contributed by atoms with Gasteiger partial charge >= 0.3 is 6.03 Å². The number of aryl methyl sites for hydroxylation is 1. The van der Waals surface area contributed by atoms with E-state index >= 15 is 0 Å². The third-order valence-corrected chi connectivity index (χ3v) is 4.64. The molecule has 4 aromatic rings. The SMILES string of the molecule is COc1cccc(CNC(=O)Nc2c(-c3cccc(C)c3)nc3ccccn23)c1. The van der Waals surface area contributed by atoms with Gasteiger partial charge in [-0.3, -0.25) is 9.72 Å². The maximum absolute atomic E-state index is 12.6. The fourth-order valence-electron chi connectivity index (χ4n) is 3.23. The minimum absolute atomic E-state index is 0.299. The van der Waals surface area contributed by atoms with Crippen molar-refractivity contribution in [1.82, 2.24) is 14.7 Å². The summed E-state index contributed by atoms with van der Waals surface area (Å²) < 4.78 is 7.11. The molecule has 146 valence electrons. The molecule has 0 saturated carbocycles. The van der Waals surface area contributed by atoms with Gasteiger partial charge in [0.2, 0.25) is 0 Å². The van der Waals surface area contributed by atoms with E-state index in [0.29, 0.717) is 12.4 Å². The minimum Gasteiger partial charge on any atom is -0.497 e. The molecular formula is C23H22N4O2. The van der Waals surface area contributed by atoms with Crippen molar-refractivity contribution >= 4 is 17.5 Å². The molecule has 0 unspecified atom stereocenters. The number of hydrogen-bond donors (Lipinski definition) is 2. The standard InChI is InChI=1S/C23H22N4O2/c1-16-7-5-9-18(13-16)21-22(27-12-4-3-11-20(27)25-21)26-23(28)24-15-17-8-6-10-19(14-17)29-2/h3-14H,15H2,1-2H3,(H2,24,26,28). The van der Waals surface area contributed by atoms with E-state index in [1.165, 1.54) is 0 Å². The van der Waals surface area contributed by atoms with E-state index in [-0.39, 0.29) is 6.03 Å². The topological polar surface area (TPSA) is 67.7 Å². The Morgan fingerprint density at radius 3 is 2.76 bits per heavy atom. The van der Waals surface area contributed by atoms with Crippen LogP contribution in [0.1, 0.15) is 11.1 Å². The van der Waals surface area contributed by atoms with Crippen molar-refractivity contribution in [2.24, 2.45) is 0 Å². The Balaban J connectivity index is 1.59. The molecule has 0 atom stereocenters. The fraction of sp³-hybridized carbons (Fsp3) is 0.130. The summed E-state index contributed by atoms with van der Waals surface area (Å²) >= 11 is 0. The molecule has 0 radical (unpaired) electrons. The van der Waals surface area contributed by atoms with Gasteiger partial charge in [-0.15, -0.1) is 0 Å². The third-order valence-electron chi connectivity index (χ3n) is 4.64. The summed E-state index contributed by atoms with van der Waals surface area (Å²) in [6, 6.07) is 21.1. The number of methoxy groups -OCH3 is 1. The number of amides is 2. The zero-order valence-corrected chi connectivity index (χ0v) is 16.3. The monoisotopic (exact) mass is 386 g/mol. The predicted molar refractivity (Wildman–Crippen MR) is 114 cm³/mol. The van der Waals surface area contributed by atoms with Crippen molar-refractivity contribution in [2.75, 3.05) is 12.4 Å². The second-order valence-corrected chi connectivity index (χ2v) is 6.77. The lowest BCUT2D eigenvalue weighted by molar-refractivity contribution is 0.251. The number of imidazole rings is 1. The molecule has 0 aliphatic carbocycles. The number of carbonyl (C=O) groups is 1. The van der Waals surface area contributed by atoms with Crippen LogP contribution in [0.4, 0.5) is 10.6 Å². The van der Waals surface area contributed by atoms with E-state index in [1.54, 1.807) is 7.11 Å². The molecule has 0 saturated heterocycles. The van der Waals surface area contributed by atoms with E-state index in [2.05, 4.69) is 16.7 Å². The first-order valence-electron chi connectivity index (χ1n) is 9.36. The number of rotatable bonds is 5. The van der Waals surface area contributed by atoms with Gasteiger partial charge in [-0.25, -0.2) is 9.78 Å². The Hall–Kier alpha value is -3.80. The molecule has 2 N–H and O–H groups in total. The summed E-state index contributed by atoms with van der Waals surface area (Å²) in [5.74, 6) is 1.39. The number of nitrogens with zero attached hydrogens (tertiary/aromatic N) is 2. The van der Waals surface area contributed by atoms with E-state index in [9.17, 15) is 4.79 Å². The Kier molecular flexibility index (Phi) is 5.16. The molecule has 4 rings (SSSR count). The highest BCUT2D eigenvalue weighted by atomic mass is 16.5. The number of hydrogen-bond acceptors (Lipinski definition) is 3. The molecule has 2 amide bonds. The Morgan fingerprint density at radius 1 is 1.07 bits per heavy atom. The molecule has 2 aromatic carbocycles. The number of aromatic nitrogens is 2. The highest BCUT2D eigenvalue weighted by molar-refractivity contribution is 5.93. The van der Waals surface area contributed by atoms with Crippen LogP contribution in [0.3, 0.4) is 0 Å². The predicted octanol–water partition coefficient (Wildman–Crippen LogP) is 4.64. The van der Waals surface area contributed by atoms with Crippen LogP contribution in [-0.2, 0) is 6.54 Å². The van der Waals surface area contributed by atoms with Crippen LogP contribution in [0.2, 0.25) is 0 Å². The second kappa shape index (κ2) is 8.06. The molecule has 0 bridgehead atoms. The fourth-order valence-corrected chi connectivity index (χ4v) is 3.23. The first-order chi connectivity index (χ1) is 14.1. The number of urea groups is 1. The van der Waals surface area contributed by atoms with Gasteiger partial charge in [-0.2, -0.15) is 0 Å². The van der Waals surface area contributed by atoms with Crippen LogP contribution in [0.25, 0.3) is 16.9 Å². The second-order valence-electron chi connectivity index (χ2n) is 6.77. The molecule has 2 heterocycles. The van der Waals surface area contributed by atoms with Crippen LogP contribution in [0, 0.1) is 6.92 Å². The van der Waals surface area contributed by atoms with Crippen LogP contribution in [0.15, 0.2) is 72.9 Å². The van der Waals surface area contributed by atoms with Gasteiger partial charge in [0.25, 0.3) is 0 Å². The number of ether oxygens (including phenoxy) is 1. The van der Waals surface area contributed by atoms with Gasteiger partial charge in [-0.1, -0.05) is 42.0 Å². The van der Waals surface area contributed by atoms with Crippen LogP contribution in [-0.4, -0.2) is 22.5 Å².